The number of aromatic nitrogens is 6. The summed E-state index contributed by atoms with van der Waals surface area (Å²) >= 11 is 1.50. The van der Waals surface area contributed by atoms with E-state index >= 15 is 0 Å². The summed E-state index contributed by atoms with van der Waals surface area (Å²) in [5, 5.41) is 3.74. The van der Waals surface area contributed by atoms with Gasteiger partial charge in [-0.15, -0.1) is 24.3 Å². The molecule has 0 fully saturated rings. The third-order valence-corrected chi connectivity index (χ3v) is 5.71. The van der Waals surface area contributed by atoms with Crippen LogP contribution in [0.5, 0.6) is 0 Å². The minimum Gasteiger partial charge on any atom is -0.414 e. The van der Waals surface area contributed by atoms with Crippen LogP contribution >= 0.6 is 11.8 Å². The van der Waals surface area contributed by atoms with E-state index < -0.39 is 0 Å². The van der Waals surface area contributed by atoms with Crippen molar-refractivity contribution in [2.24, 2.45) is 0 Å². The second-order valence-corrected chi connectivity index (χ2v) is 7.86. The fourth-order valence-corrected chi connectivity index (χ4v) is 4.22. The Morgan fingerprint density at radius 2 is 1.12 bits per heavy atom. The van der Waals surface area contributed by atoms with Crippen molar-refractivity contribution in [1.82, 2.24) is 29.1 Å². The molecule has 0 aromatic carbocycles. The first-order valence-electron chi connectivity index (χ1n) is 9.66. The molecule has 0 radical (unpaired) electrons. The van der Waals surface area contributed by atoms with Crippen molar-refractivity contribution >= 4 is 33.8 Å². The van der Waals surface area contributed by atoms with E-state index in [-0.39, 0.29) is 21.1 Å². The monoisotopic (exact) mass is 613 g/mol. The van der Waals surface area contributed by atoms with Crippen molar-refractivity contribution in [3.63, 3.8) is 0 Å². The van der Waals surface area contributed by atoms with Gasteiger partial charge in [-0.3, -0.25) is 19.9 Å². The van der Waals surface area contributed by atoms with Gasteiger partial charge >= 0.3 is 21.1 Å². The smallest absolute Gasteiger partial charge is 0.414 e. The maximum absolute atomic E-state index is 4.79. The second-order valence-electron chi connectivity index (χ2n) is 6.82. The molecule has 0 unspecified atom stereocenters. The van der Waals surface area contributed by atoms with E-state index in [0.29, 0.717) is 0 Å². The van der Waals surface area contributed by atoms with Gasteiger partial charge in [0.25, 0.3) is 0 Å². The Balaban J connectivity index is 0.00000216. The van der Waals surface area contributed by atoms with E-state index in [1.807, 2.05) is 81.9 Å². The molecule has 6 nitrogen and oxygen atoms in total. The molecule has 6 aromatic heterocycles. The molecule has 0 aliphatic carbocycles. The fourth-order valence-electron chi connectivity index (χ4n) is 3.44. The Bertz CT molecular complexity index is 1420. The Morgan fingerprint density at radius 1 is 0.625 bits per heavy atom. The normalized spacial score (nSPS) is 11.0. The molecule has 156 valence electrons. The van der Waals surface area contributed by atoms with Crippen molar-refractivity contribution in [3.8, 4) is 11.6 Å². The largest absolute Gasteiger partial charge is 2.00 e. The minimum atomic E-state index is 0. The van der Waals surface area contributed by atoms with Crippen molar-refractivity contribution in [2.45, 2.75) is 10.1 Å². The average Bonchev–Trinajstić information content (AvgIpc) is 3.44. The number of pyridine rings is 4. The molecule has 0 saturated heterocycles. The molecular weight excluding hydrogens is 599 g/mol. The molecule has 0 atom stereocenters. The van der Waals surface area contributed by atoms with Crippen LogP contribution in [-0.2, 0) is 21.1 Å². The number of rotatable bonds is 4. The number of nitrogens with zero attached hydrogens (tertiary/aromatic N) is 6. The quantitative estimate of drug-likeness (QED) is 0.265. The summed E-state index contributed by atoms with van der Waals surface area (Å²) in [4.78, 5) is 18.5. The molecule has 6 aromatic rings. The Morgan fingerprint density at radius 3 is 1.62 bits per heavy atom. The van der Waals surface area contributed by atoms with E-state index in [0.717, 1.165) is 43.8 Å². The maximum atomic E-state index is 4.79. The van der Waals surface area contributed by atoms with Crippen LogP contribution in [0, 0.1) is 12.4 Å². The van der Waals surface area contributed by atoms with E-state index in [9.17, 15) is 0 Å². The zero-order chi connectivity index (χ0) is 20.6. The van der Waals surface area contributed by atoms with Gasteiger partial charge in [-0.05, 0) is 12.1 Å². The molecule has 0 aliphatic heterocycles. The van der Waals surface area contributed by atoms with Crippen LogP contribution in [0.25, 0.3) is 33.7 Å². The van der Waals surface area contributed by atoms with Crippen LogP contribution in [0.3, 0.4) is 0 Å². The van der Waals surface area contributed by atoms with Crippen molar-refractivity contribution in [2.75, 3.05) is 0 Å². The van der Waals surface area contributed by atoms with Crippen LogP contribution < -0.4 is 0 Å². The summed E-state index contributed by atoms with van der Waals surface area (Å²) in [5.41, 5.74) is 1.67. The summed E-state index contributed by atoms with van der Waals surface area (Å²) in [6, 6.07) is 23.5. The Kier molecular flexibility index (Phi) is 5.60. The Hall–Kier alpha value is -3.28. The molecule has 6 rings (SSSR count). The molecular formula is C24H14N6PtS. The van der Waals surface area contributed by atoms with Crippen molar-refractivity contribution < 1.29 is 21.1 Å². The zero-order valence-electron chi connectivity index (χ0n) is 16.5. The van der Waals surface area contributed by atoms with Gasteiger partial charge in [0.05, 0.1) is 21.7 Å². The van der Waals surface area contributed by atoms with Gasteiger partial charge in [0.2, 0.25) is 0 Å². The predicted octanol–water partition coefficient (Wildman–Crippen LogP) is 4.90. The molecule has 0 spiro atoms. The van der Waals surface area contributed by atoms with Crippen LogP contribution in [0.15, 0.2) is 95.2 Å². The first kappa shape index (κ1) is 20.6. The maximum Gasteiger partial charge on any atom is 2.00 e. The summed E-state index contributed by atoms with van der Waals surface area (Å²) < 4.78 is 3.74. The first-order chi connectivity index (χ1) is 15.3. The topological polar surface area (TPSA) is 61.4 Å². The number of hydrogen-bond acceptors (Lipinski definition) is 5. The number of hydrogen-bond donors (Lipinski definition) is 0. The first-order valence-corrected chi connectivity index (χ1v) is 10.5. The third-order valence-electron chi connectivity index (χ3n) is 4.84. The van der Waals surface area contributed by atoms with Gasteiger partial charge in [-0.25, -0.2) is 0 Å². The van der Waals surface area contributed by atoms with Gasteiger partial charge in [0, 0.05) is 23.7 Å². The average molecular weight is 614 g/mol. The molecule has 0 amide bonds. The van der Waals surface area contributed by atoms with E-state index in [4.69, 9.17) is 9.97 Å². The van der Waals surface area contributed by atoms with Crippen molar-refractivity contribution in [3.05, 3.63) is 97.6 Å². The van der Waals surface area contributed by atoms with Crippen LogP contribution in [-0.4, -0.2) is 29.1 Å². The fraction of sp³-hybridized carbons (Fsp3) is 0. The van der Waals surface area contributed by atoms with Crippen LogP contribution in [0.2, 0.25) is 0 Å². The van der Waals surface area contributed by atoms with Gasteiger partial charge in [-0.1, -0.05) is 71.3 Å². The van der Waals surface area contributed by atoms with Crippen LogP contribution in [0.1, 0.15) is 0 Å². The summed E-state index contributed by atoms with van der Waals surface area (Å²) in [5.74, 6) is 1.53. The van der Waals surface area contributed by atoms with Gasteiger partial charge in [0.15, 0.2) is 0 Å². The summed E-state index contributed by atoms with van der Waals surface area (Å²) in [6.07, 6.45) is 9.99. The standard InChI is InChI=1S/C24H14N6S.Pt/c1-7-19(29-15-11-17-5-3-13-25-23(17)29)27-21(9-1)31-22-10-2-8-20(28-22)30-16-12-18-6-4-14-26-24(18)30;/h1-14H;/q-2;+2. The molecule has 0 aliphatic rings. The SMILES string of the molecule is [Pt+2].[c-]1cc2cccnc2n1-c1cccc(Sc2cccc(-n3[c-]cc4cccnc43)n2)n1. The summed E-state index contributed by atoms with van der Waals surface area (Å²) in [6.45, 7) is 0. The van der Waals surface area contributed by atoms with Gasteiger partial charge in [0.1, 0.15) is 0 Å². The summed E-state index contributed by atoms with van der Waals surface area (Å²) in [7, 11) is 0. The third kappa shape index (κ3) is 3.74. The second kappa shape index (κ2) is 8.69. The zero-order valence-corrected chi connectivity index (χ0v) is 19.6. The van der Waals surface area contributed by atoms with E-state index in [2.05, 4.69) is 22.4 Å². The van der Waals surface area contributed by atoms with Crippen LogP contribution in [0.4, 0.5) is 0 Å². The Labute approximate surface area is 202 Å². The van der Waals surface area contributed by atoms with Gasteiger partial charge in [-0.2, -0.15) is 0 Å². The molecule has 32 heavy (non-hydrogen) atoms. The minimum absolute atomic E-state index is 0. The molecule has 0 bridgehead atoms. The van der Waals surface area contributed by atoms with E-state index in [1.54, 1.807) is 12.4 Å². The molecule has 8 heteroatoms. The molecule has 0 saturated carbocycles. The van der Waals surface area contributed by atoms with Gasteiger partial charge < -0.3 is 9.13 Å². The van der Waals surface area contributed by atoms with E-state index in [1.165, 1.54) is 11.8 Å². The number of fused-ring (bicyclic) bond motifs is 2. The molecule has 6 heterocycles. The predicted molar refractivity (Wildman–Crippen MR) is 120 cm³/mol. The van der Waals surface area contributed by atoms with Crippen molar-refractivity contribution in [1.29, 1.82) is 0 Å². The molecule has 0 N–H and O–H groups in total.